The van der Waals surface area contributed by atoms with Gasteiger partial charge >= 0.3 is 5.97 Å². The van der Waals surface area contributed by atoms with Crippen LogP contribution in [0.25, 0.3) is 0 Å². The van der Waals surface area contributed by atoms with Crippen LogP contribution < -0.4 is 4.74 Å². The Bertz CT molecular complexity index is 715. The lowest BCUT2D eigenvalue weighted by molar-refractivity contribution is -0.134. The van der Waals surface area contributed by atoms with E-state index in [1.54, 1.807) is 12.1 Å². The van der Waals surface area contributed by atoms with Crippen molar-refractivity contribution in [1.29, 1.82) is 0 Å². The van der Waals surface area contributed by atoms with Crippen LogP contribution in [0.4, 0.5) is 0 Å². The van der Waals surface area contributed by atoms with Gasteiger partial charge in [0.1, 0.15) is 5.75 Å². The molecule has 1 aromatic heterocycles. The normalized spacial score (nSPS) is 10.7. The minimum absolute atomic E-state index is 0.225. The van der Waals surface area contributed by atoms with E-state index in [1.165, 1.54) is 17.8 Å². The number of aryl methyl sites for hydroxylation is 2. The minimum Gasteiger partial charge on any atom is -0.425 e. The summed E-state index contributed by atoms with van der Waals surface area (Å²) in [5, 5.41) is 1.54. The number of hydrogen-bond donors (Lipinski definition) is 0. The fraction of sp³-hybridized carbons (Fsp3) is 0.312. The van der Waals surface area contributed by atoms with E-state index < -0.39 is 0 Å². The van der Waals surface area contributed by atoms with Crippen molar-refractivity contribution >= 4 is 40.9 Å². The summed E-state index contributed by atoms with van der Waals surface area (Å²) in [5.74, 6) is -0.0505. The predicted molar refractivity (Wildman–Crippen MR) is 93.7 cm³/mol. The Morgan fingerprint density at radius 1 is 1.22 bits per heavy atom. The summed E-state index contributed by atoms with van der Waals surface area (Å²) in [7, 11) is 0. The highest BCUT2D eigenvalue weighted by Gasteiger charge is 2.13. The maximum absolute atomic E-state index is 12.0. The molecule has 0 saturated heterocycles. The van der Waals surface area contributed by atoms with Crippen molar-refractivity contribution in [2.75, 3.05) is 6.26 Å². The van der Waals surface area contributed by atoms with E-state index in [1.807, 2.05) is 20.1 Å². The zero-order valence-electron chi connectivity index (χ0n) is 13.0. The van der Waals surface area contributed by atoms with Gasteiger partial charge in [-0.05, 0) is 50.3 Å². The highest BCUT2D eigenvalue weighted by atomic mass is 35.5. The van der Waals surface area contributed by atoms with Gasteiger partial charge in [-0.25, -0.2) is 9.97 Å². The van der Waals surface area contributed by atoms with Gasteiger partial charge in [0.25, 0.3) is 0 Å². The van der Waals surface area contributed by atoms with Gasteiger partial charge in [0, 0.05) is 16.4 Å². The summed E-state index contributed by atoms with van der Waals surface area (Å²) in [5.41, 5.74) is 2.75. The molecule has 0 spiro atoms. The zero-order chi connectivity index (χ0) is 17.0. The van der Waals surface area contributed by atoms with Gasteiger partial charge in [-0.3, -0.25) is 4.79 Å². The SMILES string of the molecule is CSc1nc(C)c(CCC(=O)Oc2ccc(Cl)cc2Cl)c(C)n1. The van der Waals surface area contributed by atoms with Crippen molar-refractivity contribution in [3.8, 4) is 5.75 Å². The Morgan fingerprint density at radius 2 is 1.87 bits per heavy atom. The molecule has 1 heterocycles. The van der Waals surface area contributed by atoms with E-state index >= 15 is 0 Å². The Hall–Kier alpha value is -1.30. The summed E-state index contributed by atoms with van der Waals surface area (Å²) in [6.07, 6.45) is 2.68. The van der Waals surface area contributed by atoms with Crippen LogP contribution >= 0.6 is 35.0 Å². The molecule has 0 atom stereocenters. The number of esters is 1. The molecule has 122 valence electrons. The second-order valence-electron chi connectivity index (χ2n) is 4.91. The van der Waals surface area contributed by atoms with Gasteiger partial charge in [0.05, 0.1) is 11.4 Å². The summed E-state index contributed by atoms with van der Waals surface area (Å²) < 4.78 is 5.27. The maximum atomic E-state index is 12.0. The zero-order valence-corrected chi connectivity index (χ0v) is 15.3. The lowest BCUT2D eigenvalue weighted by Crippen LogP contribution is -2.11. The number of carbonyl (C=O) groups is 1. The minimum atomic E-state index is -0.359. The van der Waals surface area contributed by atoms with Crippen LogP contribution in [-0.4, -0.2) is 22.2 Å². The lowest BCUT2D eigenvalue weighted by Gasteiger charge is -2.10. The Kier molecular flexibility index (Phi) is 6.27. The van der Waals surface area contributed by atoms with Crippen LogP contribution in [0, 0.1) is 13.8 Å². The van der Waals surface area contributed by atoms with Crippen molar-refractivity contribution in [2.24, 2.45) is 0 Å². The van der Waals surface area contributed by atoms with E-state index in [0.717, 1.165) is 22.1 Å². The van der Waals surface area contributed by atoms with Gasteiger partial charge in [-0.2, -0.15) is 0 Å². The average molecular weight is 371 g/mol. The second kappa shape index (κ2) is 7.99. The van der Waals surface area contributed by atoms with Crippen molar-refractivity contribution in [1.82, 2.24) is 9.97 Å². The van der Waals surface area contributed by atoms with Crippen molar-refractivity contribution < 1.29 is 9.53 Å². The molecule has 0 N–H and O–H groups in total. The molecule has 2 aromatic rings. The molecule has 7 heteroatoms. The van der Waals surface area contributed by atoms with E-state index in [0.29, 0.717) is 22.2 Å². The molecule has 0 aliphatic rings. The van der Waals surface area contributed by atoms with E-state index in [4.69, 9.17) is 27.9 Å². The molecule has 4 nitrogen and oxygen atoms in total. The molecular weight excluding hydrogens is 355 g/mol. The summed E-state index contributed by atoms with van der Waals surface area (Å²) in [4.78, 5) is 20.8. The fourth-order valence-corrected chi connectivity index (χ4v) is 3.02. The van der Waals surface area contributed by atoms with Crippen molar-refractivity contribution in [3.05, 3.63) is 45.2 Å². The summed E-state index contributed by atoms with van der Waals surface area (Å²) >= 11 is 13.3. The van der Waals surface area contributed by atoms with Gasteiger partial charge in [-0.15, -0.1) is 0 Å². The van der Waals surface area contributed by atoms with E-state index in [-0.39, 0.29) is 12.4 Å². The highest BCUT2D eigenvalue weighted by molar-refractivity contribution is 7.98. The number of thioether (sulfide) groups is 1. The number of aromatic nitrogens is 2. The van der Waals surface area contributed by atoms with Crippen LogP contribution in [0.15, 0.2) is 23.4 Å². The topological polar surface area (TPSA) is 52.1 Å². The molecule has 0 aliphatic heterocycles. The molecule has 0 radical (unpaired) electrons. The molecule has 2 rings (SSSR count). The molecule has 0 unspecified atom stereocenters. The largest absolute Gasteiger partial charge is 0.425 e. The number of carbonyl (C=O) groups excluding carboxylic acids is 1. The lowest BCUT2D eigenvalue weighted by atomic mass is 10.1. The first-order valence-corrected chi connectivity index (χ1v) is 8.92. The number of halogens is 2. The van der Waals surface area contributed by atoms with Gasteiger partial charge in [-0.1, -0.05) is 35.0 Å². The summed E-state index contributed by atoms with van der Waals surface area (Å²) in [6, 6.07) is 4.74. The van der Waals surface area contributed by atoms with Gasteiger partial charge in [0.15, 0.2) is 5.16 Å². The Balaban J connectivity index is 2.02. The monoisotopic (exact) mass is 370 g/mol. The second-order valence-corrected chi connectivity index (χ2v) is 6.53. The highest BCUT2D eigenvalue weighted by Crippen LogP contribution is 2.28. The van der Waals surface area contributed by atoms with Crippen LogP contribution in [0.3, 0.4) is 0 Å². The molecule has 0 amide bonds. The molecular formula is C16H16Cl2N2O2S. The predicted octanol–water partition coefficient (Wildman–Crippen LogP) is 4.66. The molecule has 0 fully saturated rings. The van der Waals surface area contributed by atoms with E-state index in [2.05, 4.69) is 9.97 Å². The smallest absolute Gasteiger partial charge is 0.311 e. The van der Waals surface area contributed by atoms with Gasteiger partial charge in [0.2, 0.25) is 0 Å². The first-order chi connectivity index (χ1) is 10.9. The van der Waals surface area contributed by atoms with Crippen molar-refractivity contribution in [2.45, 2.75) is 31.8 Å². The maximum Gasteiger partial charge on any atom is 0.311 e. The summed E-state index contributed by atoms with van der Waals surface area (Å²) in [6.45, 7) is 3.84. The average Bonchev–Trinajstić information content (AvgIpc) is 2.49. The van der Waals surface area contributed by atoms with Gasteiger partial charge < -0.3 is 4.74 Å². The number of nitrogens with zero attached hydrogens (tertiary/aromatic N) is 2. The number of ether oxygens (including phenoxy) is 1. The first-order valence-electron chi connectivity index (χ1n) is 6.94. The van der Waals surface area contributed by atoms with Crippen molar-refractivity contribution in [3.63, 3.8) is 0 Å². The van der Waals surface area contributed by atoms with Crippen LogP contribution in [0.2, 0.25) is 10.0 Å². The number of hydrogen-bond acceptors (Lipinski definition) is 5. The third-order valence-electron chi connectivity index (χ3n) is 3.28. The number of rotatable bonds is 5. The van der Waals surface area contributed by atoms with Crippen LogP contribution in [-0.2, 0) is 11.2 Å². The third-order valence-corrected chi connectivity index (χ3v) is 4.36. The first kappa shape index (κ1) is 18.0. The fourth-order valence-electron chi connectivity index (χ4n) is 2.12. The number of benzene rings is 1. The molecule has 0 saturated carbocycles. The standard InChI is InChI=1S/C16H16Cl2N2O2S/c1-9-12(10(2)20-16(19-9)23-3)5-7-15(21)22-14-6-4-11(17)8-13(14)18/h4,6,8H,5,7H2,1-3H3. The molecule has 1 aromatic carbocycles. The van der Waals surface area contributed by atoms with Crippen LogP contribution in [0.5, 0.6) is 5.75 Å². The third kappa shape index (κ3) is 4.83. The molecule has 0 bridgehead atoms. The Morgan fingerprint density at radius 3 is 2.43 bits per heavy atom. The van der Waals surface area contributed by atoms with Crippen LogP contribution in [0.1, 0.15) is 23.4 Å². The van der Waals surface area contributed by atoms with E-state index in [9.17, 15) is 4.79 Å². The molecule has 0 aliphatic carbocycles. The Labute approximate surface area is 149 Å². The molecule has 23 heavy (non-hydrogen) atoms. The quantitative estimate of drug-likeness (QED) is 0.331.